The van der Waals surface area contributed by atoms with Crippen molar-refractivity contribution in [3.05, 3.63) is 87.6 Å². The molecule has 2 aromatic carbocycles. The molecule has 1 saturated heterocycles. The van der Waals surface area contributed by atoms with E-state index in [1.54, 1.807) is 18.4 Å². The number of hydrogen-bond donors (Lipinski definition) is 0. The van der Waals surface area contributed by atoms with Crippen molar-refractivity contribution in [2.45, 2.75) is 25.9 Å². The van der Waals surface area contributed by atoms with E-state index in [1.165, 1.54) is 11.0 Å². The van der Waals surface area contributed by atoms with Gasteiger partial charge in [-0.05, 0) is 42.5 Å². The van der Waals surface area contributed by atoms with Crippen LogP contribution in [0.2, 0.25) is 0 Å². The molecule has 0 saturated carbocycles. The molecule has 0 spiro atoms. The van der Waals surface area contributed by atoms with Crippen LogP contribution in [0.3, 0.4) is 0 Å². The Morgan fingerprint density at radius 2 is 1.82 bits per heavy atom. The molecule has 1 aliphatic rings. The Kier molecular flexibility index (Phi) is 7.57. The number of piperidine rings is 1. The second-order valence-corrected chi connectivity index (χ2v) is 9.31. The number of halogens is 2. The van der Waals surface area contributed by atoms with E-state index in [2.05, 4.69) is 0 Å². The van der Waals surface area contributed by atoms with Crippen LogP contribution >= 0.6 is 11.3 Å². The number of thiophene rings is 1. The molecule has 0 aliphatic carbocycles. The predicted molar refractivity (Wildman–Crippen MR) is 127 cm³/mol. The molecule has 2 heterocycles. The lowest BCUT2D eigenvalue weighted by Crippen LogP contribution is -2.44. The number of rotatable bonds is 7. The van der Waals surface area contributed by atoms with E-state index >= 15 is 0 Å². The summed E-state index contributed by atoms with van der Waals surface area (Å²) in [6, 6.07) is 14.6. The van der Waals surface area contributed by atoms with E-state index in [0.29, 0.717) is 45.1 Å². The zero-order valence-electron chi connectivity index (χ0n) is 18.9. The molecule has 8 heteroatoms. The number of benzene rings is 2. The number of hydrogen-bond acceptors (Lipinski definition) is 4. The lowest BCUT2D eigenvalue weighted by Gasteiger charge is -2.34. The molecule has 4 rings (SSSR count). The normalized spacial score (nSPS) is 14.1. The second kappa shape index (κ2) is 10.8. The fourth-order valence-electron chi connectivity index (χ4n) is 4.26. The number of carbonyl (C=O) groups is 2. The Balaban J connectivity index is 1.45. The van der Waals surface area contributed by atoms with Gasteiger partial charge < -0.3 is 14.5 Å². The second-order valence-electron chi connectivity index (χ2n) is 8.28. The number of carbonyl (C=O) groups excluding carboxylic acids is 2. The Morgan fingerprint density at radius 3 is 2.50 bits per heavy atom. The maximum atomic E-state index is 14.1. The van der Waals surface area contributed by atoms with Gasteiger partial charge >= 0.3 is 0 Å². The van der Waals surface area contributed by atoms with Gasteiger partial charge in [-0.3, -0.25) is 9.59 Å². The van der Waals surface area contributed by atoms with Gasteiger partial charge in [0.15, 0.2) is 0 Å². The van der Waals surface area contributed by atoms with Crippen LogP contribution in [0.15, 0.2) is 60.0 Å². The Bertz CT molecular complexity index is 1140. The molecule has 178 valence electrons. The lowest BCUT2D eigenvalue weighted by atomic mass is 9.94. The molecule has 0 unspecified atom stereocenters. The van der Waals surface area contributed by atoms with E-state index in [-0.39, 0.29) is 17.4 Å². The highest BCUT2D eigenvalue weighted by atomic mass is 32.1. The van der Waals surface area contributed by atoms with Gasteiger partial charge in [0.05, 0.1) is 19.2 Å². The molecule has 34 heavy (non-hydrogen) atoms. The average molecular weight is 485 g/mol. The monoisotopic (exact) mass is 484 g/mol. The number of ether oxygens (including phenoxy) is 1. The Labute approximate surface area is 201 Å². The summed E-state index contributed by atoms with van der Waals surface area (Å²) in [6.07, 6.45) is 0.973. The summed E-state index contributed by atoms with van der Waals surface area (Å²) in [6.45, 7) is 1.59. The Morgan fingerprint density at radius 1 is 1.06 bits per heavy atom. The molecule has 1 aliphatic heterocycles. The zero-order chi connectivity index (χ0) is 24.1. The van der Waals surface area contributed by atoms with Gasteiger partial charge in [0.25, 0.3) is 5.91 Å². The van der Waals surface area contributed by atoms with Gasteiger partial charge in [0, 0.05) is 42.1 Å². The van der Waals surface area contributed by atoms with Gasteiger partial charge in [0.1, 0.15) is 17.4 Å². The number of methoxy groups -OCH3 is 1. The molecular formula is C26H26F2N2O3S. The number of nitrogens with zero attached hydrogens (tertiary/aromatic N) is 2. The minimum atomic E-state index is -0.873. The SMILES string of the molecule is COc1ccccc1CN(Cc1cccs1)C(=O)C1CCN(C(=O)c2ccc(F)cc2F)CC1. The minimum absolute atomic E-state index is 0.0272. The third-order valence-corrected chi connectivity index (χ3v) is 6.95. The van der Waals surface area contributed by atoms with Crippen LogP contribution in [0.25, 0.3) is 0 Å². The van der Waals surface area contributed by atoms with Gasteiger partial charge in [-0.2, -0.15) is 0 Å². The van der Waals surface area contributed by atoms with Gasteiger partial charge in [-0.25, -0.2) is 8.78 Å². The summed E-state index contributed by atoms with van der Waals surface area (Å²) < 4.78 is 32.7. The van der Waals surface area contributed by atoms with Crippen LogP contribution < -0.4 is 4.74 Å². The van der Waals surface area contributed by atoms with E-state index in [9.17, 15) is 18.4 Å². The largest absolute Gasteiger partial charge is 0.496 e. The average Bonchev–Trinajstić information content (AvgIpc) is 3.36. The highest BCUT2D eigenvalue weighted by Crippen LogP contribution is 2.27. The topological polar surface area (TPSA) is 49.9 Å². The first-order chi connectivity index (χ1) is 16.5. The smallest absolute Gasteiger partial charge is 0.256 e. The number of likely N-dealkylation sites (tertiary alicyclic amines) is 1. The van der Waals surface area contributed by atoms with Gasteiger partial charge in [-0.1, -0.05) is 24.3 Å². The zero-order valence-corrected chi connectivity index (χ0v) is 19.7. The van der Waals surface area contributed by atoms with Crippen LogP contribution in [0.4, 0.5) is 8.78 Å². The van der Waals surface area contributed by atoms with Crippen LogP contribution in [0.5, 0.6) is 5.75 Å². The molecule has 1 aromatic heterocycles. The summed E-state index contributed by atoms with van der Waals surface area (Å²) in [7, 11) is 1.61. The summed E-state index contributed by atoms with van der Waals surface area (Å²) in [5, 5.41) is 1.99. The van der Waals surface area contributed by atoms with Crippen molar-refractivity contribution in [2.75, 3.05) is 20.2 Å². The summed E-state index contributed by atoms with van der Waals surface area (Å²) in [5.74, 6) is -1.56. The molecule has 0 atom stereocenters. The van der Waals surface area contributed by atoms with Crippen molar-refractivity contribution in [1.82, 2.24) is 9.80 Å². The van der Waals surface area contributed by atoms with E-state index < -0.39 is 17.5 Å². The fraction of sp³-hybridized carbons (Fsp3) is 0.308. The highest BCUT2D eigenvalue weighted by Gasteiger charge is 2.32. The summed E-state index contributed by atoms with van der Waals surface area (Å²) >= 11 is 1.60. The Hall–Kier alpha value is -3.26. The van der Waals surface area contributed by atoms with E-state index in [0.717, 1.165) is 22.3 Å². The van der Waals surface area contributed by atoms with Crippen molar-refractivity contribution in [3.63, 3.8) is 0 Å². The predicted octanol–water partition coefficient (Wildman–Crippen LogP) is 5.12. The molecule has 3 aromatic rings. The quantitative estimate of drug-likeness (QED) is 0.468. The lowest BCUT2D eigenvalue weighted by molar-refractivity contribution is -0.138. The number of amides is 2. The molecule has 5 nitrogen and oxygen atoms in total. The van der Waals surface area contributed by atoms with Crippen LogP contribution in [0.1, 0.15) is 33.6 Å². The van der Waals surface area contributed by atoms with Gasteiger partial charge in [-0.15, -0.1) is 11.3 Å². The van der Waals surface area contributed by atoms with Crippen molar-refractivity contribution in [3.8, 4) is 5.75 Å². The van der Waals surface area contributed by atoms with Crippen molar-refractivity contribution in [2.24, 2.45) is 5.92 Å². The van der Waals surface area contributed by atoms with Crippen LogP contribution in [-0.4, -0.2) is 41.8 Å². The van der Waals surface area contributed by atoms with E-state index in [1.807, 2.05) is 46.7 Å². The standard InChI is InChI=1S/C26H26F2N2O3S/c1-33-24-7-3-2-5-19(24)16-30(17-21-6-4-14-34-21)25(31)18-10-12-29(13-11-18)26(32)22-9-8-20(27)15-23(22)28/h2-9,14-15,18H,10-13,16-17H2,1H3. The molecule has 1 fully saturated rings. The molecule has 0 bridgehead atoms. The summed E-state index contributed by atoms with van der Waals surface area (Å²) in [4.78, 5) is 30.7. The van der Waals surface area contributed by atoms with Crippen molar-refractivity contribution < 1.29 is 23.1 Å². The van der Waals surface area contributed by atoms with Gasteiger partial charge in [0.2, 0.25) is 5.91 Å². The molecule has 0 N–H and O–H groups in total. The van der Waals surface area contributed by atoms with Crippen molar-refractivity contribution >= 4 is 23.2 Å². The first kappa shape index (κ1) is 23.9. The van der Waals surface area contributed by atoms with Crippen molar-refractivity contribution in [1.29, 1.82) is 0 Å². The van der Waals surface area contributed by atoms with Crippen LogP contribution in [-0.2, 0) is 17.9 Å². The number of para-hydroxylation sites is 1. The van der Waals surface area contributed by atoms with E-state index in [4.69, 9.17) is 4.74 Å². The molecule has 0 radical (unpaired) electrons. The first-order valence-electron chi connectivity index (χ1n) is 11.1. The summed E-state index contributed by atoms with van der Waals surface area (Å²) in [5.41, 5.74) is 0.774. The maximum Gasteiger partial charge on any atom is 0.256 e. The third kappa shape index (κ3) is 5.44. The third-order valence-electron chi connectivity index (χ3n) is 6.09. The highest BCUT2D eigenvalue weighted by molar-refractivity contribution is 7.09. The molecule has 2 amide bonds. The molecular weight excluding hydrogens is 458 g/mol. The first-order valence-corrected chi connectivity index (χ1v) is 12.0. The minimum Gasteiger partial charge on any atom is -0.496 e. The fourth-order valence-corrected chi connectivity index (χ4v) is 4.98. The maximum absolute atomic E-state index is 14.1. The van der Waals surface area contributed by atoms with Crippen LogP contribution in [0, 0.1) is 17.6 Å².